The zero-order chi connectivity index (χ0) is 25.0. The number of methoxy groups -OCH3 is 1. The van der Waals surface area contributed by atoms with Crippen molar-refractivity contribution < 1.29 is 19.2 Å². The number of aryl methyl sites for hydroxylation is 1. The van der Waals surface area contributed by atoms with Crippen molar-refractivity contribution in [3.8, 4) is 5.69 Å². The first-order valence-corrected chi connectivity index (χ1v) is 11.1. The summed E-state index contributed by atoms with van der Waals surface area (Å²) < 4.78 is 7.10. The molecule has 3 aromatic rings. The fourth-order valence-corrected chi connectivity index (χ4v) is 5.22. The van der Waals surface area contributed by atoms with E-state index in [0.717, 1.165) is 28.2 Å². The number of nitro benzene ring substituents is 1. The molecule has 0 fully saturated rings. The number of ether oxygens (including phenoxy) is 1. The number of hydrogen-bond acceptors (Lipinski definition) is 6. The molecule has 8 heteroatoms. The van der Waals surface area contributed by atoms with Crippen LogP contribution in [0.25, 0.3) is 11.4 Å². The normalized spacial score (nSPS) is 16.7. The van der Waals surface area contributed by atoms with Gasteiger partial charge in [-0.3, -0.25) is 14.9 Å². The van der Waals surface area contributed by atoms with Gasteiger partial charge >= 0.3 is 5.97 Å². The molecule has 1 aliphatic heterocycles. The summed E-state index contributed by atoms with van der Waals surface area (Å²) >= 11 is 0. The van der Waals surface area contributed by atoms with Crippen LogP contribution in [0.15, 0.2) is 71.4 Å². The number of fused-ring (bicyclic) bond motifs is 2. The number of non-ortho nitro benzene ring substituents is 1. The molecule has 0 bridgehead atoms. The standard InChI is InChI=1S/C27H23N3O5/c1-14-13-21(16(3)29(14)17-9-11-18(12-10-17)30(33)34)23-22(27(32)35-4)15(2)28-25-19-7-5-6-8-20(19)26(31)24(23)25/h5-13,23,28H,1-4H3/t23-/m1/s1. The number of benzene rings is 2. The zero-order valence-electron chi connectivity index (χ0n) is 19.7. The minimum atomic E-state index is -0.628. The average molecular weight is 469 g/mol. The number of carbonyl (C=O) groups is 2. The fourth-order valence-electron chi connectivity index (χ4n) is 5.22. The number of nitrogens with zero attached hydrogens (tertiary/aromatic N) is 2. The molecule has 0 saturated carbocycles. The Bertz CT molecular complexity index is 1490. The monoisotopic (exact) mass is 469 g/mol. The number of aromatic nitrogens is 1. The van der Waals surface area contributed by atoms with Crippen LogP contribution in [0.3, 0.4) is 0 Å². The van der Waals surface area contributed by atoms with Gasteiger partial charge in [0.15, 0.2) is 5.78 Å². The fraction of sp³-hybridized carbons (Fsp3) is 0.185. The van der Waals surface area contributed by atoms with Crippen molar-refractivity contribution in [2.45, 2.75) is 26.7 Å². The van der Waals surface area contributed by atoms with Gasteiger partial charge in [-0.1, -0.05) is 24.3 Å². The Morgan fingerprint density at radius 2 is 1.71 bits per heavy atom. The van der Waals surface area contributed by atoms with E-state index in [9.17, 15) is 19.7 Å². The van der Waals surface area contributed by atoms with E-state index in [0.29, 0.717) is 28.1 Å². The molecule has 0 radical (unpaired) electrons. The van der Waals surface area contributed by atoms with E-state index >= 15 is 0 Å². The molecule has 5 rings (SSSR count). The highest BCUT2D eigenvalue weighted by molar-refractivity contribution is 6.23. The molecule has 1 aliphatic carbocycles. The minimum absolute atomic E-state index is 0.00504. The summed E-state index contributed by atoms with van der Waals surface area (Å²) in [5, 5.41) is 14.4. The SMILES string of the molecule is COC(=O)C1=C(C)NC2=C(C(=O)c3ccccc32)[C@@H]1c1cc(C)n(-c2ccc([N+](=O)[O-])cc2)c1C. The Labute approximate surface area is 201 Å². The molecule has 0 saturated heterocycles. The van der Waals surface area contributed by atoms with Crippen LogP contribution in [0, 0.1) is 24.0 Å². The average Bonchev–Trinajstić information content (AvgIpc) is 3.30. The first-order chi connectivity index (χ1) is 16.7. The molecule has 2 heterocycles. The summed E-state index contributed by atoms with van der Waals surface area (Å²) in [4.78, 5) is 37.2. The molecule has 2 aromatic carbocycles. The van der Waals surface area contributed by atoms with Crippen molar-refractivity contribution >= 4 is 23.1 Å². The van der Waals surface area contributed by atoms with Gasteiger partial charge in [-0.2, -0.15) is 0 Å². The van der Waals surface area contributed by atoms with Crippen molar-refractivity contribution in [2.24, 2.45) is 0 Å². The summed E-state index contributed by atoms with van der Waals surface area (Å²) in [6, 6.07) is 15.7. The van der Waals surface area contributed by atoms with Crippen molar-refractivity contribution in [1.29, 1.82) is 0 Å². The van der Waals surface area contributed by atoms with E-state index in [-0.39, 0.29) is 11.5 Å². The molecular weight excluding hydrogens is 446 g/mol. The quantitative estimate of drug-likeness (QED) is 0.336. The number of hydrogen-bond donors (Lipinski definition) is 1. The van der Waals surface area contributed by atoms with Gasteiger partial charge in [-0.15, -0.1) is 0 Å². The van der Waals surface area contributed by atoms with Gasteiger partial charge in [0, 0.05) is 51.6 Å². The lowest BCUT2D eigenvalue weighted by Crippen LogP contribution is -2.29. The Hall–Kier alpha value is -4.46. The third kappa shape index (κ3) is 3.29. The topological polar surface area (TPSA) is 103 Å². The summed E-state index contributed by atoms with van der Waals surface area (Å²) in [6.07, 6.45) is 0. The third-order valence-corrected chi connectivity index (χ3v) is 6.75. The molecule has 176 valence electrons. The van der Waals surface area contributed by atoms with Gasteiger partial charge in [0.2, 0.25) is 0 Å². The Kier molecular flexibility index (Phi) is 5.16. The molecule has 8 nitrogen and oxygen atoms in total. The maximum absolute atomic E-state index is 13.6. The van der Waals surface area contributed by atoms with Crippen molar-refractivity contribution in [3.63, 3.8) is 0 Å². The summed E-state index contributed by atoms with van der Waals surface area (Å²) in [6.45, 7) is 5.65. The van der Waals surface area contributed by atoms with Crippen LogP contribution in [-0.4, -0.2) is 28.4 Å². The van der Waals surface area contributed by atoms with Crippen LogP contribution in [0.5, 0.6) is 0 Å². The van der Waals surface area contributed by atoms with E-state index in [1.165, 1.54) is 19.2 Å². The van der Waals surface area contributed by atoms with Crippen LogP contribution in [0.4, 0.5) is 5.69 Å². The Balaban J connectivity index is 1.71. The number of Topliss-reactive ketones (excluding diaryl/α,β-unsaturated/α-hetero) is 1. The second-order valence-corrected chi connectivity index (χ2v) is 8.69. The van der Waals surface area contributed by atoms with Gasteiger partial charge in [0.1, 0.15) is 0 Å². The van der Waals surface area contributed by atoms with Crippen LogP contribution in [0.2, 0.25) is 0 Å². The predicted molar refractivity (Wildman–Crippen MR) is 130 cm³/mol. The highest BCUT2D eigenvalue weighted by atomic mass is 16.6. The second kappa shape index (κ2) is 8.09. The number of nitro groups is 1. The smallest absolute Gasteiger partial charge is 0.336 e. The van der Waals surface area contributed by atoms with Crippen LogP contribution in [-0.2, 0) is 9.53 Å². The lowest BCUT2D eigenvalue weighted by Gasteiger charge is -2.29. The lowest BCUT2D eigenvalue weighted by atomic mass is 9.79. The van der Waals surface area contributed by atoms with E-state index in [2.05, 4.69) is 5.32 Å². The molecule has 35 heavy (non-hydrogen) atoms. The Morgan fingerprint density at radius 3 is 2.34 bits per heavy atom. The third-order valence-electron chi connectivity index (χ3n) is 6.75. The summed E-state index contributed by atoms with van der Waals surface area (Å²) in [5.74, 6) is -1.26. The van der Waals surface area contributed by atoms with Crippen molar-refractivity contribution in [2.75, 3.05) is 7.11 Å². The number of rotatable bonds is 4. The molecule has 1 aromatic heterocycles. The van der Waals surface area contributed by atoms with Crippen LogP contribution in [0.1, 0.15) is 45.7 Å². The molecule has 0 unspecified atom stereocenters. The van der Waals surface area contributed by atoms with Gasteiger partial charge in [0.25, 0.3) is 5.69 Å². The predicted octanol–water partition coefficient (Wildman–Crippen LogP) is 4.74. The van der Waals surface area contributed by atoms with E-state index < -0.39 is 16.8 Å². The van der Waals surface area contributed by atoms with Crippen molar-refractivity contribution in [3.05, 3.63) is 110 Å². The largest absolute Gasteiger partial charge is 0.466 e. The highest BCUT2D eigenvalue weighted by Crippen LogP contribution is 2.48. The maximum Gasteiger partial charge on any atom is 0.336 e. The number of esters is 1. The molecule has 0 amide bonds. The minimum Gasteiger partial charge on any atom is -0.466 e. The Morgan fingerprint density at radius 1 is 1.06 bits per heavy atom. The molecule has 0 spiro atoms. The highest BCUT2D eigenvalue weighted by Gasteiger charge is 2.43. The van der Waals surface area contributed by atoms with E-state index in [1.807, 2.05) is 49.6 Å². The van der Waals surface area contributed by atoms with Gasteiger partial charge in [-0.05, 0) is 44.5 Å². The lowest BCUT2D eigenvalue weighted by molar-refractivity contribution is -0.384. The number of carbonyl (C=O) groups excluding carboxylic acids is 2. The number of allylic oxidation sites excluding steroid dienone is 2. The maximum atomic E-state index is 13.6. The molecule has 1 atom stereocenters. The second-order valence-electron chi connectivity index (χ2n) is 8.69. The van der Waals surface area contributed by atoms with Crippen LogP contribution >= 0.6 is 0 Å². The van der Waals surface area contributed by atoms with Gasteiger partial charge in [-0.25, -0.2) is 4.79 Å². The first kappa shape index (κ1) is 22.3. The molecular formula is C27H23N3O5. The first-order valence-electron chi connectivity index (χ1n) is 11.1. The van der Waals surface area contributed by atoms with E-state index in [4.69, 9.17) is 4.74 Å². The van der Waals surface area contributed by atoms with Crippen LogP contribution < -0.4 is 5.32 Å². The molecule has 2 aliphatic rings. The molecule has 1 N–H and O–H groups in total. The van der Waals surface area contributed by atoms with Gasteiger partial charge < -0.3 is 14.6 Å². The number of dihydropyridines is 1. The summed E-state index contributed by atoms with van der Waals surface area (Å²) in [5.41, 5.74) is 6.90. The zero-order valence-corrected chi connectivity index (χ0v) is 19.7. The summed E-state index contributed by atoms with van der Waals surface area (Å²) in [7, 11) is 1.33. The van der Waals surface area contributed by atoms with E-state index in [1.54, 1.807) is 18.2 Å². The number of ketones is 1. The van der Waals surface area contributed by atoms with Gasteiger partial charge in [0.05, 0.1) is 29.2 Å². The van der Waals surface area contributed by atoms with Crippen molar-refractivity contribution in [1.82, 2.24) is 9.88 Å². The number of nitrogens with one attached hydrogen (secondary N) is 1.